The Bertz CT molecular complexity index is 791. The van der Waals surface area contributed by atoms with Crippen molar-refractivity contribution in [1.29, 1.82) is 0 Å². The zero-order chi connectivity index (χ0) is 27.2. The van der Waals surface area contributed by atoms with Gasteiger partial charge in [0.25, 0.3) is 0 Å². The van der Waals surface area contributed by atoms with E-state index in [1.165, 1.54) is 0 Å². The van der Waals surface area contributed by atoms with Gasteiger partial charge in [-0.15, -0.1) is 0 Å². The maximum Gasteiger partial charge on any atom is 0.249 e. The number of likely N-dealkylation sites (tertiary alicyclic amines) is 2. The van der Waals surface area contributed by atoms with Crippen molar-refractivity contribution >= 4 is 17.7 Å². The van der Waals surface area contributed by atoms with Crippen LogP contribution in [0.5, 0.6) is 0 Å². The largest absolute Gasteiger partial charge is 0.343 e. The number of amides is 3. The Morgan fingerprint density at radius 3 is 2.17 bits per heavy atom. The van der Waals surface area contributed by atoms with Crippen molar-refractivity contribution in [3.63, 3.8) is 0 Å². The first-order valence-corrected chi connectivity index (χ1v) is 14.2. The van der Waals surface area contributed by atoms with Gasteiger partial charge in [0.2, 0.25) is 17.7 Å². The highest BCUT2D eigenvalue weighted by Gasteiger charge is 2.36. The first-order chi connectivity index (χ1) is 16.8. The zero-order valence-electron chi connectivity index (χ0n) is 24.3. The van der Waals surface area contributed by atoms with Crippen molar-refractivity contribution in [3.05, 3.63) is 11.6 Å². The second kappa shape index (κ2) is 13.6. The van der Waals surface area contributed by atoms with E-state index in [0.717, 1.165) is 51.7 Å². The number of piperidine rings is 2. The SMILES string of the molecule is CC(=C[C@H](C(C)C)N(C)C(=O)[C@@H](NC(=O)[C@H]1CCCCN1C(C)C)C(C)C)C(=O)N1CCCC(C)C1. The van der Waals surface area contributed by atoms with Crippen LogP contribution < -0.4 is 5.32 Å². The molecule has 2 aliphatic heterocycles. The van der Waals surface area contributed by atoms with Crippen molar-refractivity contribution in [1.82, 2.24) is 20.0 Å². The van der Waals surface area contributed by atoms with Crippen LogP contribution in [-0.4, -0.2) is 83.3 Å². The van der Waals surface area contributed by atoms with Gasteiger partial charge < -0.3 is 15.1 Å². The molecule has 3 amide bonds. The number of carbonyl (C=O) groups is 3. The van der Waals surface area contributed by atoms with Gasteiger partial charge in [0, 0.05) is 31.8 Å². The Hall–Kier alpha value is -1.89. The minimum absolute atomic E-state index is 0.0469. The number of hydrogen-bond donors (Lipinski definition) is 1. The first-order valence-electron chi connectivity index (χ1n) is 14.2. The summed E-state index contributed by atoms with van der Waals surface area (Å²) in [5, 5.41) is 3.11. The lowest BCUT2D eigenvalue weighted by molar-refractivity contribution is -0.140. The van der Waals surface area contributed by atoms with Crippen LogP contribution in [0, 0.1) is 17.8 Å². The normalized spacial score (nSPS) is 23.7. The number of rotatable bonds is 9. The second-order valence-corrected chi connectivity index (χ2v) is 12.1. The molecule has 0 radical (unpaired) electrons. The van der Waals surface area contributed by atoms with Crippen molar-refractivity contribution in [2.75, 3.05) is 26.7 Å². The smallest absolute Gasteiger partial charge is 0.249 e. The Labute approximate surface area is 220 Å². The van der Waals surface area contributed by atoms with E-state index in [2.05, 4.69) is 44.8 Å². The van der Waals surface area contributed by atoms with Crippen molar-refractivity contribution in [2.45, 2.75) is 112 Å². The third-order valence-corrected chi connectivity index (χ3v) is 7.92. The lowest BCUT2D eigenvalue weighted by Gasteiger charge is -2.39. The highest BCUT2D eigenvalue weighted by Crippen LogP contribution is 2.22. The molecule has 206 valence electrons. The molecule has 7 heteroatoms. The average Bonchev–Trinajstić information content (AvgIpc) is 2.83. The molecule has 36 heavy (non-hydrogen) atoms. The summed E-state index contributed by atoms with van der Waals surface area (Å²) in [4.78, 5) is 46.1. The summed E-state index contributed by atoms with van der Waals surface area (Å²) < 4.78 is 0. The Kier molecular flexibility index (Phi) is 11.5. The maximum absolute atomic E-state index is 13.7. The number of nitrogens with zero attached hydrogens (tertiary/aromatic N) is 3. The molecule has 2 fully saturated rings. The molecule has 0 aliphatic carbocycles. The van der Waals surface area contributed by atoms with Crippen molar-refractivity contribution in [3.8, 4) is 0 Å². The van der Waals surface area contributed by atoms with Crippen LogP contribution in [0.1, 0.15) is 87.5 Å². The highest BCUT2D eigenvalue weighted by atomic mass is 16.2. The molecular weight excluding hydrogens is 452 g/mol. The third-order valence-electron chi connectivity index (χ3n) is 7.92. The zero-order valence-corrected chi connectivity index (χ0v) is 24.3. The van der Waals surface area contributed by atoms with E-state index in [4.69, 9.17) is 0 Å². The van der Waals surface area contributed by atoms with E-state index in [0.29, 0.717) is 11.5 Å². The first kappa shape index (κ1) is 30.3. The molecule has 1 N–H and O–H groups in total. The number of nitrogens with one attached hydrogen (secondary N) is 1. The fraction of sp³-hybridized carbons (Fsp3) is 0.828. The summed E-state index contributed by atoms with van der Waals surface area (Å²) in [6.45, 7) is 18.9. The van der Waals surface area contributed by atoms with E-state index in [9.17, 15) is 14.4 Å². The van der Waals surface area contributed by atoms with Gasteiger partial charge >= 0.3 is 0 Å². The van der Waals surface area contributed by atoms with E-state index in [1.54, 1.807) is 11.9 Å². The summed E-state index contributed by atoms with van der Waals surface area (Å²) in [5.74, 6) is 0.507. The molecule has 1 unspecified atom stereocenters. The molecule has 0 saturated carbocycles. The standard InChI is InChI=1S/C29H52N4O3/c1-19(2)25(17-23(8)28(35)32-15-12-13-22(7)18-32)31(9)29(36)26(20(3)4)30-27(34)24-14-10-11-16-33(24)21(5)6/h17,19-22,24-26H,10-16,18H2,1-9H3,(H,30,34)/t22?,24-,25-,26+/m1/s1. The summed E-state index contributed by atoms with van der Waals surface area (Å²) in [7, 11) is 1.80. The summed E-state index contributed by atoms with van der Waals surface area (Å²) in [5.41, 5.74) is 0.683. The van der Waals surface area contributed by atoms with Crippen LogP contribution in [-0.2, 0) is 14.4 Å². The Balaban J connectivity index is 2.18. The summed E-state index contributed by atoms with van der Waals surface area (Å²) >= 11 is 0. The van der Waals surface area contributed by atoms with Crippen LogP contribution in [0.25, 0.3) is 0 Å². The molecule has 7 nitrogen and oxygen atoms in total. The molecule has 0 aromatic carbocycles. The van der Waals surface area contributed by atoms with Gasteiger partial charge in [0.1, 0.15) is 6.04 Å². The van der Waals surface area contributed by atoms with Gasteiger partial charge in [-0.05, 0) is 70.8 Å². The molecule has 0 aromatic heterocycles. The second-order valence-electron chi connectivity index (χ2n) is 12.1. The quantitative estimate of drug-likeness (QED) is 0.480. The molecule has 0 spiro atoms. The summed E-state index contributed by atoms with van der Waals surface area (Å²) in [6.07, 6.45) is 7.12. The van der Waals surface area contributed by atoms with Crippen LogP contribution in [0.2, 0.25) is 0 Å². The molecule has 2 heterocycles. The average molecular weight is 505 g/mol. The van der Waals surface area contributed by atoms with Gasteiger partial charge in [-0.2, -0.15) is 0 Å². The predicted octanol–water partition coefficient (Wildman–Crippen LogP) is 4.08. The molecule has 2 aliphatic rings. The molecule has 0 aromatic rings. The van der Waals surface area contributed by atoms with E-state index in [-0.39, 0.29) is 47.7 Å². The van der Waals surface area contributed by atoms with Crippen molar-refractivity contribution < 1.29 is 14.4 Å². The van der Waals surface area contributed by atoms with Crippen molar-refractivity contribution in [2.24, 2.45) is 17.8 Å². The molecule has 4 atom stereocenters. The fourth-order valence-corrected chi connectivity index (χ4v) is 5.69. The van der Waals surface area contributed by atoms with Gasteiger partial charge in [0.15, 0.2) is 0 Å². The number of carbonyl (C=O) groups excluding carboxylic acids is 3. The monoisotopic (exact) mass is 504 g/mol. The number of hydrogen-bond acceptors (Lipinski definition) is 4. The lowest BCUT2D eigenvalue weighted by Crippen LogP contribution is -2.58. The number of likely N-dealkylation sites (N-methyl/N-ethyl adjacent to an activating group) is 1. The molecular formula is C29H52N4O3. The van der Waals surface area contributed by atoms with Crippen LogP contribution in [0.3, 0.4) is 0 Å². The van der Waals surface area contributed by atoms with Gasteiger partial charge in [0.05, 0.1) is 12.1 Å². The molecule has 2 saturated heterocycles. The predicted molar refractivity (Wildman–Crippen MR) is 146 cm³/mol. The fourth-order valence-electron chi connectivity index (χ4n) is 5.69. The third kappa shape index (κ3) is 7.80. The van der Waals surface area contributed by atoms with Gasteiger partial charge in [-0.25, -0.2) is 0 Å². The lowest BCUT2D eigenvalue weighted by atomic mass is 9.95. The van der Waals surface area contributed by atoms with Crippen LogP contribution in [0.4, 0.5) is 0 Å². The summed E-state index contributed by atoms with van der Waals surface area (Å²) in [6, 6.07) is -0.739. The maximum atomic E-state index is 13.7. The Morgan fingerprint density at radius 1 is 0.944 bits per heavy atom. The Morgan fingerprint density at radius 2 is 1.61 bits per heavy atom. The van der Waals surface area contributed by atoms with Gasteiger partial charge in [-0.3, -0.25) is 19.3 Å². The van der Waals surface area contributed by atoms with E-state index >= 15 is 0 Å². The molecule has 2 rings (SSSR count). The van der Waals surface area contributed by atoms with Crippen LogP contribution in [0.15, 0.2) is 11.6 Å². The molecule has 0 bridgehead atoms. The highest BCUT2D eigenvalue weighted by molar-refractivity contribution is 5.93. The van der Waals surface area contributed by atoms with Gasteiger partial charge in [-0.1, -0.05) is 47.1 Å². The van der Waals surface area contributed by atoms with E-state index < -0.39 is 6.04 Å². The van der Waals surface area contributed by atoms with E-state index in [1.807, 2.05) is 31.7 Å². The topological polar surface area (TPSA) is 73.0 Å². The van der Waals surface area contributed by atoms with Crippen LogP contribution >= 0.6 is 0 Å². The minimum atomic E-state index is -0.605. The minimum Gasteiger partial charge on any atom is -0.343 e.